The number of aromatic nitrogens is 12. The van der Waals surface area contributed by atoms with Crippen molar-refractivity contribution in [3.05, 3.63) is 0 Å². The maximum atomic E-state index is 7.20. The van der Waals surface area contributed by atoms with E-state index in [9.17, 15) is 0 Å². The van der Waals surface area contributed by atoms with Crippen LogP contribution in [0, 0.1) is 0 Å². The molecular weight excluding hydrogens is 1610 g/mol. The van der Waals surface area contributed by atoms with Crippen molar-refractivity contribution in [1.29, 1.82) is 0 Å². The van der Waals surface area contributed by atoms with E-state index in [1.165, 1.54) is 77.0 Å². The second kappa shape index (κ2) is 43.8. The number of unbranched alkanes of at least 4 members (excludes halogenated alkanes) is 4. The van der Waals surface area contributed by atoms with E-state index in [0.717, 1.165) is 192 Å². The van der Waals surface area contributed by atoms with Gasteiger partial charge in [-0.25, -0.2) is 9.98 Å². The van der Waals surface area contributed by atoms with Crippen LogP contribution < -0.4 is 53.2 Å². The third-order valence-corrected chi connectivity index (χ3v) is 28.5. The highest BCUT2D eigenvalue weighted by atomic mass is 16.7. The lowest BCUT2D eigenvalue weighted by Gasteiger charge is -2.57. The molecule has 0 spiro atoms. The quantitative estimate of drug-likeness (QED) is 0.0225. The minimum absolute atomic E-state index is 0.0152. The minimum Gasteiger partial charge on any atom is -0.368 e. The van der Waals surface area contributed by atoms with Crippen LogP contribution in [0.1, 0.15) is 395 Å². The summed E-state index contributed by atoms with van der Waals surface area (Å²) in [6, 6.07) is 0.156. The summed E-state index contributed by atoms with van der Waals surface area (Å²) in [5.41, 5.74) is 24.0. The first-order chi connectivity index (χ1) is 60.8. The van der Waals surface area contributed by atoms with Gasteiger partial charge < -0.3 is 53.2 Å². The zero-order chi connectivity index (χ0) is 92.0. The predicted octanol–water partition coefficient (Wildman–Crippen LogP) is 19.0. The lowest BCUT2D eigenvalue weighted by Crippen LogP contribution is -2.65. The van der Waals surface area contributed by atoms with Crippen molar-refractivity contribution in [2.45, 2.75) is 488 Å². The third-order valence-electron chi connectivity index (χ3n) is 28.5. The largest absolute Gasteiger partial charge is 0.368 e. The molecule has 8 heterocycles. The number of nitrogen functional groups attached to an aromatic ring is 4. The molecule has 32 heteroatoms. The first-order valence-corrected chi connectivity index (χ1v) is 50.4. The topological polar surface area (TPSA) is 370 Å². The Kier molecular flexibility index (Phi) is 34.3. The third kappa shape index (κ3) is 26.5. The van der Waals surface area contributed by atoms with Crippen molar-refractivity contribution >= 4 is 82.8 Å². The molecule has 718 valence electrons. The Bertz CT molecular complexity index is 3650. The normalized spacial score (nSPS) is 22.8. The number of rotatable bonds is 41. The Hall–Kier alpha value is -6.94. The number of nitrogens with zero attached hydrogens (tertiary/aromatic N) is 22. The summed E-state index contributed by atoms with van der Waals surface area (Å²) in [6.07, 6.45) is 40.0. The molecule has 4 aliphatic heterocycles. The first kappa shape index (κ1) is 100. The molecule has 8 aliphatic rings. The van der Waals surface area contributed by atoms with E-state index in [0.29, 0.717) is 74.5 Å². The van der Waals surface area contributed by atoms with Crippen LogP contribution in [0.4, 0.5) is 71.4 Å². The Morgan fingerprint density at radius 2 is 0.516 bits per heavy atom. The molecule has 0 bridgehead atoms. The Balaban J connectivity index is 1.01. The molecule has 0 unspecified atom stereocenters. The van der Waals surface area contributed by atoms with Crippen LogP contribution in [0.25, 0.3) is 0 Å². The molecule has 4 aliphatic carbocycles. The number of anilines is 10. The highest BCUT2D eigenvalue weighted by Gasteiger charge is 2.55. The van der Waals surface area contributed by atoms with Crippen LogP contribution in [0.2, 0.25) is 0 Å². The Labute approximate surface area is 768 Å². The molecule has 4 saturated heterocycles. The number of piperidine rings is 4. The fourth-order valence-electron chi connectivity index (χ4n) is 23.2. The van der Waals surface area contributed by atoms with E-state index in [-0.39, 0.29) is 129 Å². The lowest BCUT2D eigenvalue weighted by molar-refractivity contribution is -0.310. The second-order valence-electron chi connectivity index (χ2n) is 44.0. The van der Waals surface area contributed by atoms with Crippen molar-refractivity contribution in [1.82, 2.24) is 80.1 Å². The van der Waals surface area contributed by atoms with Gasteiger partial charge in [0.25, 0.3) is 11.9 Å². The molecule has 4 aromatic rings. The number of aliphatic imine (C=N–C) groups is 2. The molecule has 32 nitrogen and oxygen atoms in total. The average molecular weight is 1780 g/mol. The zero-order valence-electron chi connectivity index (χ0n) is 82.9. The molecule has 0 aromatic carbocycles. The van der Waals surface area contributed by atoms with Crippen molar-refractivity contribution in [3.8, 4) is 0 Å². The Morgan fingerprint density at radius 3 is 0.719 bits per heavy atom. The highest BCUT2D eigenvalue weighted by molar-refractivity contribution is 5.93. The van der Waals surface area contributed by atoms with Gasteiger partial charge in [0, 0.05) is 132 Å². The summed E-state index contributed by atoms with van der Waals surface area (Å²) >= 11 is 0. The number of hydrogen-bond acceptors (Lipinski definition) is 32. The van der Waals surface area contributed by atoms with Crippen LogP contribution in [0.15, 0.2) is 9.98 Å². The lowest BCUT2D eigenvalue weighted by atomic mass is 9.78. The van der Waals surface area contributed by atoms with Crippen LogP contribution >= 0.6 is 0 Å². The van der Waals surface area contributed by atoms with Crippen LogP contribution in [-0.2, 0) is 19.4 Å². The summed E-state index contributed by atoms with van der Waals surface area (Å²) < 4.78 is 0. The van der Waals surface area contributed by atoms with E-state index in [4.69, 9.17) is 82.2 Å². The summed E-state index contributed by atoms with van der Waals surface area (Å²) in [5, 5.41) is 16.4. The number of nitrogens with one attached hydrogen (secondary N) is 2. The summed E-state index contributed by atoms with van der Waals surface area (Å²) in [6.45, 7) is 50.6. The Morgan fingerprint density at radius 1 is 0.305 bits per heavy atom. The minimum atomic E-state index is -0.336. The molecule has 12 rings (SSSR count). The van der Waals surface area contributed by atoms with Crippen molar-refractivity contribution in [3.63, 3.8) is 0 Å². The van der Waals surface area contributed by atoms with E-state index < -0.39 is 0 Å². The maximum absolute atomic E-state index is 7.20. The standard InChI is InChI=1S/C96H170N28O4/c1-21-25-55-117(69-59-89(5,6)121(90(7,8)60-69)125-73-41-33-29-34-42-73)85-111-83(112-86(115-85)118(56-26-22-2)70-61-91(9,10)122(92(11,12)62-70)126-74-43-35-30-36-44-74)103-67(51-53-101-81-107-77(97)105-78(98)108-81)49-50-68(52-54-102-82-109-79(99)106-80(100)110-82)104-84-113-87(119(57-27-23-3)71-63-93(13,14)123(94(15,16)64-71)127-75-45-37-31-38-46-75)116-88(114-84)120(58-28-24-4)72-65-95(17,18)124(96(19,20)66-72)128-76-47-39-32-40-48-76/h69-76H,21-66H2,1-20H3,(H5,97,98,101,105,107,108)(H5,99,100,102,106,109,110). The molecule has 8 fully saturated rings. The van der Waals surface area contributed by atoms with E-state index in [2.05, 4.69) is 219 Å². The fourth-order valence-corrected chi connectivity index (χ4v) is 23.2. The highest BCUT2D eigenvalue weighted by Crippen LogP contribution is 2.49. The molecular formula is C96H170N28O4. The molecule has 128 heavy (non-hydrogen) atoms. The molecule has 4 aromatic heterocycles. The number of nitrogens with two attached hydrogens (primary N) is 4. The van der Waals surface area contributed by atoms with Gasteiger partial charge in [-0.05, 0) is 252 Å². The van der Waals surface area contributed by atoms with Gasteiger partial charge in [-0.15, -0.1) is 0 Å². The summed E-state index contributed by atoms with van der Waals surface area (Å²) in [7, 11) is 0. The van der Waals surface area contributed by atoms with Gasteiger partial charge in [-0.2, -0.15) is 80.1 Å². The predicted molar refractivity (Wildman–Crippen MR) is 520 cm³/mol. The van der Waals surface area contributed by atoms with E-state index >= 15 is 0 Å². The average Bonchev–Trinajstić information content (AvgIpc) is 0.765. The monoisotopic (exact) mass is 1780 g/mol. The smallest absolute Gasteiger partial charge is 0.255 e. The summed E-state index contributed by atoms with van der Waals surface area (Å²) in [4.78, 5) is 111. The maximum Gasteiger partial charge on any atom is 0.255 e. The van der Waals surface area contributed by atoms with Gasteiger partial charge in [-0.3, -0.25) is 19.4 Å². The first-order valence-electron chi connectivity index (χ1n) is 50.4. The zero-order valence-corrected chi connectivity index (χ0v) is 82.9. The number of hydroxylamine groups is 8. The SMILES string of the molecule is CCCCN(c1nc(N=C(CCNc2nc(N)nc(N)n2)CCC(CCNc2nc(N)nc(N)n2)=Nc2nc(N(CCCC)C3CC(C)(C)N(OC4CCCCC4)C(C)(C)C3)nc(N(CCCC)C3CC(C)(C)N(OC4CCCCC4)C(C)(C)C3)n2)nc(N(CCCC)C2CC(C)(C)N(OC3CCCCC3)C(C)(C)C2)n1)C1CC(C)(C)N(OC2CCCCC2)C(C)(C)C1. The molecule has 0 amide bonds. The van der Waals surface area contributed by atoms with Gasteiger partial charge >= 0.3 is 0 Å². The van der Waals surface area contributed by atoms with Crippen molar-refractivity contribution in [2.75, 3.05) is 92.4 Å². The summed E-state index contributed by atoms with van der Waals surface area (Å²) in [5.74, 6) is 3.73. The van der Waals surface area contributed by atoms with Gasteiger partial charge in [0.15, 0.2) is 0 Å². The van der Waals surface area contributed by atoms with Gasteiger partial charge in [-0.1, -0.05) is 130 Å². The molecule has 4 saturated carbocycles. The second-order valence-corrected chi connectivity index (χ2v) is 44.0. The van der Waals surface area contributed by atoms with E-state index in [1.807, 2.05) is 0 Å². The van der Waals surface area contributed by atoms with E-state index in [1.54, 1.807) is 0 Å². The van der Waals surface area contributed by atoms with Gasteiger partial charge in [0.2, 0.25) is 59.5 Å². The molecule has 0 atom stereocenters. The molecule has 10 N–H and O–H groups in total. The van der Waals surface area contributed by atoms with Crippen LogP contribution in [-0.4, -0.2) is 224 Å². The molecule has 0 radical (unpaired) electrons. The fraction of sp³-hybridized carbons (Fsp3) is 0.854. The van der Waals surface area contributed by atoms with Gasteiger partial charge in [0.05, 0.1) is 24.4 Å². The van der Waals surface area contributed by atoms with Gasteiger partial charge in [0.1, 0.15) is 0 Å². The number of hydrogen-bond donors (Lipinski definition) is 6. The van der Waals surface area contributed by atoms with Crippen molar-refractivity contribution < 1.29 is 19.4 Å². The van der Waals surface area contributed by atoms with Crippen LogP contribution in [0.3, 0.4) is 0 Å². The van der Waals surface area contributed by atoms with Crippen molar-refractivity contribution in [2.24, 2.45) is 9.98 Å². The van der Waals surface area contributed by atoms with Crippen LogP contribution in [0.5, 0.6) is 0 Å².